The van der Waals surface area contributed by atoms with Crippen molar-refractivity contribution in [3.63, 3.8) is 0 Å². The molecule has 0 atom stereocenters. The summed E-state index contributed by atoms with van der Waals surface area (Å²) in [6.45, 7) is 2.02. The molecule has 1 aliphatic heterocycles. The SMILES string of the molecule is COc1ccc(-c2cnc(CCC(=O)NCc3cccc(C(=O)N4CCCCC4)c3)o2)cc1. The molecule has 4 rings (SSSR count). The summed E-state index contributed by atoms with van der Waals surface area (Å²) in [4.78, 5) is 31.2. The zero-order chi connectivity index (χ0) is 23.0. The van der Waals surface area contributed by atoms with Crippen molar-refractivity contribution in [1.82, 2.24) is 15.2 Å². The predicted molar refractivity (Wildman–Crippen MR) is 125 cm³/mol. The van der Waals surface area contributed by atoms with Crippen molar-refractivity contribution < 1.29 is 18.7 Å². The first-order valence-corrected chi connectivity index (χ1v) is 11.4. The molecule has 2 aromatic carbocycles. The third-order valence-corrected chi connectivity index (χ3v) is 5.80. The highest BCUT2D eigenvalue weighted by Gasteiger charge is 2.18. The highest BCUT2D eigenvalue weighted by atomic mass is 16.5. The number of carbonyl (C=O) groups excluding carboxylic acids is 2. The molecule has 2 amide bonds. The zero-order valence-electron chi connectivity index (χ0n) is 18.9. The molecule has 7 nitrogen and oxygen atoms in total. The average molecular weight is 448 g/mol. The van der Waals surface area contributed by atoms with Crippen LogP contribution in [0.1, 0.15) is 47.5 Å². The number of ether oxygens (including phenoxy) is 1. The number of amides is 2. The lowest BCUT2D eigenvalue weighted by molar-refractivity contribution is -0.121. The highest BCUT2D eigenvalue weighted by Crippen LogP contribution is 2.23. The average Bonchev–Trinajstić information content (AvgIpc) is 3.35. The molecule has 0 aliphatic carbocycles. The fourth-order valence-corrected chi connectivity index (χ4v) is 3.92. The smallest absolute Gasteiger partial charge is 0.253 e. The minimum absolute atomic E-state index is 0.0689. The van der Waals surface area contributed by atoms with Gasteiger partial charge in [0.15, 0.2) is 11.7 Å². The normalized spacial score (nSPS) is 13.5. The minimum Gasteiger partial charge on any atom is -0.497 e. The fourth-order valence-electron chi connectivity index (χ4n) is 3.92. The quantitative estimate of drug-likeness (QED) is 0.559. The van der Waals surface area contributed by atoms with Crippen LogP contribution >= 0.6 is 0 Å². The topological polar surface area (TPSA) is 84.7 Å². The number of piperidine rings is 1. The van der Waals surface area contributed by atoms with Crippen LogP contribution < -0.4 is 10.1 Å². The van der Waals surface area contributed by atoms with E-state index in [1.807, 2.05) is 53.4 Å². The van der Waals surface area contributed by atoms with E-state index in [1.165, 1.54) is 6.42 Å². The van der Waals surface area contributed by atoms with Gasteiger partial charge in [0.1, 0.15) is 5.75 Å². The van der Waals surface area contributed by atoms with Gasteiger partial charge in [-0.3, -0.25) is 9.59 Å². The van der Waals surface area contributed by atoms with Crippen molar-refractivity contribution in [1.29, 1.82) is 0 Å². The number of likely N-dealkylation sites (tertiary alicyclic amines) is 1. The van der Waals surface area contributed by atoms with Gasteiger partial charge in [-0.2, -0.15) is 0 Å². The number of benzene rings is 2. The van der Waals surface area contributed by atoms with E-state index < -0.39 is 0 Å². The van der Waals surface area contributed by atoms with Crippen LogP contribution in [0.25, 0.3) is 11.3 Å². The van der Waals surface area contributed by atoms with Crippen molar-refractivity contribution >= 4 is 11.8 Å². The standard InChI is InChI=1S/C26H29N3O4/c1-32-22-10-8-20(9-11-22)23-18-28-25(33-23)13-12-24(30)27-17-19-6-5-7-21(16-19)26(31)29-14-3-2-4-15-29/h5-11,16,18H,2-4,12-15,17H2,1H3,(H,27,30). The van der Waals surface area contributed by atoms with E-state index in [2.05, 4.69) is 10.3 Å². The summed E-state index contributed by atoms with van der Waals surface area (Å²) in [6, 6.07) is 15.0. The van der Waals surface area contributed by atoms with Crippen molar-refractivity contribution in [3.05, 3.63) is 71.7 Å². The summed E-state index contributed by atoms with van der Waals surface area (Å²) >= 11 is 0. The van der Waals surface area contributed by atoms with Crippen LogP contribution in [-0.2, 0) is 17.8 Å². The van der Waals surface area contributed by atoms with Crippen molar-refractivity contribution in [3.8, 4) is 17.1 Å². The van der Waals surface area contributed by atoms with E-state index in [0.29, 0.717) is 30.2 Å². The molecule has 172 valence electrons. The Kier molecular flexibility index (Phi) is 7.40. The number of carbonyl (C=O) groups is 2. The van der Waals surface area contributed by atoms with Crippen LogP contribution in [0, 0.1) is 0 Å². The van der Waals surface area contributed by atoms with Gasteiger partial charge >= 0.3 is 0 Å². The molecule has 0 unspecified atom stereocenters. The van der Waals surface area contributed by atoms with E-state index in [4.69, 9.17) is 9.15 Å². The van der Waals surface area contributed by atoms with Gasteiger partial charge in [-0.1, -0.05) is 12.1 Å². The monoisotopic (exact) mass is 447 g/mol. The van der Waals surface area contributed by atoms with E-state index >= 15 is 0 Å². The molecule has 0 saturated carbocycles. The third-order valence-electron chi connectivity index (χ3n) is 5.80. The Labute approximate surface area is 193 Å². The van der Waals surface area contributed by atoms with Gasteiger partial charge in [0, 0.05) is 43.6 Å². The molecular formula is C26H29N3O4. The molecule has 3 aromatic rings. The second-order valence-electron chi connectivity index (χ2n) is 8.18. The van der Waals surface area contributed by atoms with Gasteiger partial charge in [0.05, 0.1) is 13.3 Å². The van der Waals surface area contributed by atoms with Crippen LogP contribution in [0.15, 0.2) is 59.1 Å². The molecular weight excluding hydrogens is 418 g/mol. The molecule has 0 bridgehead atoms. The number of hydrogen-bond acceptors (Lipinski definition) is 5. The van der Waals surface area contributed by atoms with Crippen LogP contribution in [0.4, 0.5) is 0 Å². The summed E-state index contributed by atoms with van der Waals surface area (Å²) in [5.74, 6) is 1.93. The van der Waals surface area contributed by atoms with Crippen molar-refractivity contribution in [2.24, 2.45) is 0 Å². The minimum atomic E-state index is -0.0908. The molecule has 0 spiro atoms. The lowest BCUT2D eigenvalue weighted by Gasteiger charge is -2.26. The maximum atomic E-state index is 12.7. The number of methoxy groups -OCH3 is 1. The summed E-state index contributed by atoms with van der Waals surface area (Å²) in [7, 11) is 1.62. The van der Waals surface area contributed by atoms with E-state index in [-0.39, 0.29) is 18.2 Å². The van der Waals surface area contributed by atoms with Gasteiger partial charge < -0.3 is 19.4 Å². The first kappa shape index (κ1) is 22.6. The number of oxazole rings is 1. The molecule has 0 radical (unpaired) electrons. The Hall–Kier alpha value is -3.61. The maximum absolute atomic E-state index is 12.7. The molecule has 7 heteroatoms. The van der Waals surface area contributed by atoms with Crippen LogP contribution in [0.5, 0.6) is 5.75 Å². The lowest BCUT2D eigenvalue weighted by atomic mass is 10.1. The molecule has 33 heavy (non-hydrogen) atoms. The first-order valence-electron chi connectivity index (χ1n) is 11.4. The zero-order valence-corrected chi connectivity index (χ0v) is 18.9. The number of nitrogens with one attached hydrogen (secondary N) is 1. The summed E-state index contributed by atoms with van der Waals surface area (Å²) < 4.78 is 10.9. The maximum Gasteiger partial charge on any atom is 0.253 e. The number of aryl methyl sites for hydroxylation is 1. The summed E-state index contributed by atoms with van der Waals surface area (Å²) in [5.41, 5.74) is 2.48. The van der Waals surface area contributed by atoms with Crippen molar-refractivity contribution in [2.45, 2.75) is 38.6 Å². The second-order valence-corrected chi connectivity index (χ2v) is 8.18. The van der Waals surface area contributed by atoms with Crippen molar-refractivity contribution in [2.75, 3.05) is 20.2 Å². The fraction of sp³-hybridized carbons (Fsp3) is 0.346. The molecule has 1 fully saturated rings. The predicted octanol–water partition coefficient (Wildman–Crippen LogP) is 4.23. The Morgan fingerprint density at radius 2 is 1.88 bits per heavy atom. The Bertz CT molecular complexity index is 1080. The van der Waals surface area contributed by atoms with E-state index in [9.17, 15) is 9.59 Å². The van der Waals surface area contributed by atoms with Gasteiger partial charge in [0.2, 0.25) is 5.91 Å². The molecule has 1 N–H and O–H groups in total. The van der Waals surface area contributed by atoms with Crippen LogP contribution in [-0.4, -0.2) is 41.9 Å². The van der Waals surface area contributed by atoms with Gasteiger partial charge in [-0.05, 0) is 61.2 Å². The summed E-state index contributed by atoms with van der Waals surface area (Å²) in [6.07, 6.45) is 5.66. The van der Waals surface area contributed by atoms with Crippen LogP contribution in [0.2, 0.25) is 0 Å². The Morgan fingerprint density at radius 1 is 1.09 bits per heavy atom. The number of aromatic nitrogens is 1. The van der Waals surface area contributed by atoms with Gasteiger partial charge in [-0.15, -0.1) is 0 Å². The van der Waals surface area contributed by atoms with E-state index in [0.717, 1.165) is 42.8 Å². The molecule has 2 heterocycles. The second kappa shape index (κ2) is 10.8. The van der Waals surface area contributed by atoms with E-state index in [1.54, 1.807) is 13.3 Å². The number of hydrogen-bond donors (Lipinski definition) is 1. The molecule has 1 saturated heterocycles. The third kappa shape index (κ3) is 6.00. The van der Waals surface area contributed by atoms with Gasteiger partial charge in [-0.25, -0.2) is 4.98 Å². The number of nitrogens with zero attached hydrogens (tertiary/aromatic N) is 2. The van der Waals surface area contributed by atoms with Crippen LogP contribution in [0.3, 0.4) is 0 Å². The van der Waals surface area contributed by atoms with Gasteiger partial charge in [0.25, 0.3) is 5.91 Å². The largest absolute Gasteiger partial charge is 0.497 e. The highest BCUT2D eigenvalue weighted by molar-refractivity contribution is 5.94. The first-order chi connectivity index (χ1) is 16.1. The Balaban J connectivity index is 1.26. The lowest BCUT2D eigenvalue weighted by Crippen LogP contribution is -2.35. The number of rotatable bonds is 8. The molecule has 1 aromatic heterocycles. The summed E-state index contributed by atoms with van der Waals surface area (Å²) in [5, 5.41) is 2.92. The molecule has 1 aliphatic rings. The Morgan fingerprint density at radius 3 is 2.64 bits per heavy atom.